The summed E-state index contributed by atoms with van der Waals surface area (Å²) in [6.45, 7) is 0. The lowest BCUT2D eigenvalue weighted by molar-refractivity contribution is -0.139. The molecule has 0 spiro atoms. The zero-order chi connectivity index (χ0) is 20.9. The van der Waals surface area contributed by atoms with Gasteiger partial charge in [0.05, 0.1) is 11.1 Å². The molecule has 1 aromatic heterocycles. The highest BCUT2D eigenvalue weighted by Gasteiger charge is 2.22. The molecule has 1 atom stereocenters. The largest absolute Gasteiger partial charge is 0.480 e. The molecule has 0 bridgehead atoms. The van der Waals surface area contributed by atoms with Gasteiger partial charge in [0.1, 0.15) is 6.04 Å². The Labute approximate surface area is 174 Å². The maximum absolute atomic E-state index is 12.8. The number of aliphatic carboxylic acids is 1. The van der Waals surface area contributed by atoms with Crippen LogP contribution in [0.2, 0.25) is 0 Å². The topological polar surface area (TPSA) is 79.3 Å². The normalized spacial score (nSPS) is 11.7. The second-order valence-corrected chi connectivity index (χ2v) is 7.01. The Kier molecular flexibility index (Phi) is 5.52. The van der Waals surface area contributed by atoms with Crippen LogP contribution in [0.3, 0.4) is 0 Å². The van der Waals surface area contributed by atoms with Crippen LogP contribution >= 0.6 is 0 Å². The quantitative estimate of drug-likeness (QED) is 0.508. The van der Waals surface area contributed by atoms with E-state index in [1.165, 1.54) is 0 Å². The van der Waals surface area contributed by atoms with Gasteiger partial charge in [0.15, 0.2) is 0 Å². The minimum Gasteiger partial charge on any atom is -0.480 e. The van der Waals surface area contributed by atoms with Gasteiger partial charge in [0.2, 0.25) is 0 Å². The van der Waals surface area contributed by atoms with Gasteiger partial charge in [0, 0.05) is 18.0 Å². The molecule has 5 nitrogen and oxygen atoms in total. The number of pyridine rings is 1. The minimum atomic E-state index is -1.08. The number of nitrogens with zero attached hydrogens (tertiary/aromatic N) is 1. The number of nitrogens with one attached hydrogen (secondary N) is 1. The third-order valence-electron chi connectivity index (χ3n) is 5.00. The molecule has 5 heteroatoms. The Bertz CT molecular complexity index is 1180. The number of fused-ring (bicyclic) bond motifs is 1. The Morgan fingerprint density at radius 2 is 1.50 bits per heavy atom. The molecule has 148 valence electrons. The molecular formula is C25H20N2O3. The monoisotopic (exact) mass is 396 g/mol. The lowest BCUT2D eigenvalue weighted by atomic mass is 10.0. The van der Waals surface area contributed by atoms with Crippen molar-refractivity contribution < 1.29 is 14.7 Å². The molecular weight excluding hydrogens is 376 g/mol. The molecule has 0 aliphatic carbocycles. The van der Waals surface area contributed by atoms with E-state index >= 15 is 0 Å². The molecule has 3 aromatic carbocycles. The third kappa shape index (κ3) is 4.20. The Morgan fingerprint density at radius 1 is 0.833 bits per heavy atom. The van der Waals surface area contributed by atoms with Crippen molar-refractivity contribution in [3.63, 3.8) is 0 Å². The number of carbonyl (C=O) groups excluding carboxylic acids is 1. The van der Waals surface area contributed by atoms with Crippen molar-refractivity contribution in [1.82, 2.24) is 10.3 Å². The molecule has 0 unspecified atom stereocenters. The van der Waals surface area contributed by atoms with E-state index < -0.39 is 17.9 Å². The smallest absolute Gasteiger partial charge is 0.326 e. The maximum atomic E-state index is 12.8. The highest BCUT2D eigenvalue weighted by molar-refractivity contribution is 6.06. The van der Waals surface area contributed by atoms with E-state index in [1.54, 1.807) is 18.3 Å². The summed E-state index contributed by atoms with van der Waals surface area (Å²) >= 11 is 0. The van der Waals surface area contributed by atoms with E-state index in [9.17, 15) is 14.7 Å². The number of rotatable bonds is 6. The fourth-order valence-corrected chi connectivity index (χ4v) is 3.43. The van der Waals surface area contributed by atoms with Gasteiger partial charge in [-0.1, -0.05) is 72.8 Å². The third-order valence-corrected chi connectivity index (χ3v) is 5.00. The van der Waals surface area contributed by atoms with Crippen LogP contribution < -0.4 is 5.32 Å². The Balaban J connectivity index is 1.52. The molecule has 1 heterocycles. The molecule has 0 saturated heterocycles. The summed E-state index contributed by atoms with van der Waals surface area (Å²) < 4.78 is 0. The van der Waals surface area contributed by atoms with Gasteiger partial charge in [0.25, 0.3) is 5.91 Å². The second kappa shape index (κ2) is 8.57. The summed E-state index contributed by atoms with van der Waals surface area (Å²) in [4.78, 5) is 28.8. The SMILES string of the molecule is O=C(N[C@@H](Cc1ccc(-c2ccccc2)cc1)C(=O)O)c1ccnc2ccccc12. The highest BCUT2D eigenvalue weighted by atomic mass is 16.4. The number of para-hydroxylation sites is 1. The molecule has 0 radical (unpaired) electrons. The van der Waals surface area contributed by atoms with Crippen molar-refractivity contribution in [2.75, 3.05) is 0 Å². The first-order valence-electron chi connectivity index (χ1n) is 9.63. The van der Waals surface area contributed by atoms with E-state index in [1.807, 2.05) is 72.8 Å². The minimum absolute atomic E-state index is 0.194. The zero-order valence-corrected chi connectivity index (χ0v) is 16.2. The number of carboxylic acid groups (broad SMARTS) is 1. The standard InChI is InChI=1S/C25H20N2O3/c28-24(21-14-15-26-22-9-5-4-8-20(21)22)27-23(25(29)30)16-17-10-12-19(13-11-17)18-6-2-1-3-7-18/h1-15,23H,16H2,(H,27,28)(H,29,30)/t23-/m0/s1. The van der Waals surface area contributed by atoms with Crippen LogP contribution in [-0.2, 0) is 11.2 Å². The lowest BCUT2D eigenvalue weighted by Gasteiger charge is -2.16. The van der Waals surface area contributed by atoms with Crippen LogP contribution in [0.5, 0.6) is 0 Å². The number of hydrogen-bond acceptors (Lipinski definition) is 3. The molecule has 0 aliphatic rings. The van der Waals surface area contributed by atoms with Gasteiger partial charge >= 0.3 is 5.97 Å². The average Bonchev–Trinajstić information content (AvgIpc) is 2.79. The van der Waals surface area contributed by atoms with Gasteiger partial charge in [-0.3, -0.25) is 9.78 Å². The van der Waals surface area contributed by atoms with E-state index in [-0.39, 0.29) is 6.42 Å². The Hall–Kier alpha value is -3.99. The molecule has 30 heavy (non-hydrogen) atoms. The van der Waals surface area contributed by atoms with Crippen LogP contribution in [0, 0.1) is 0 Å². The van der Waals surface area contributed by atoms with Crippen molar-refractivity contribution in [3.8, 4) is 11.1 Å². The van der Waals surface area contributed by atoms with Crippen molar-refractivity contribution in [3.05, 3.63) is 102 Å². The summed E-state index contributed by atoms with van der Waals surface area (Å²) in [7, 11) is 0. The molecule has 4 rings (SSSR count). The average molecular weight is 396 g/mol. The van der Waals surface area contributed by atoms with E-state index in [4.69, 9.17) is 0 Å². The molecule has 4 aromatic rings. The van der Waals surface area contributed by atoms with Gasteiger partial charge < -0.3 is 10.4 Å². The van der Waals surface area contributed by atoms with Crippen molar-refractivity contribution >= 4 is 22.8 Å². The summed E-state index contributed by atoms with van der Waals surface area (Å²) in [5, 5.41) is 13.0. The van der Waals surface area contributed by atoms with E-state index in [2.05, 4.69) is 10.3 Å². The van der Waals surface area contributed by atoms with E-state index in [0.29, 0.717) is 16.5 Å². The number of hydrogen-bond donors (Lipinski definition) is 2. The van der Waals surface area contributed by atoms with Crippen molar-refractivity contribution in [2.45, 2.75) is 12.5 Å². The first-order chi connectivity index (χ1) is 14.6. The van der Waals surface area contributed by atoms with Crippen LogP contribution in [0.1, 0.15) is 15.9 Å². The molecule has 0 aliphatic heterocycles. The van der Waals surface area contributed by atoms with Crippen molar-refractivity contribution in [2.24, 2.45) is 0 Å². The maximum Gasteiger partial charge on any atom is 0.326 e. The summed E-state index contributed by atoms with van der Waals surface area (Å²) in [6, 6.07) is 25.5. The first-order valence-corrected chi connectivity index (χ1v) is 9.63. The second-order valence-electron chi connectivity index (χ2n) is 7.01. The van der Waals surface area contributed by atoms with Gasteiger partial charge in [-0.15, -0.1) is 0 Å². The highest BCUT2D eigenvalue weighted by Crippen LogP contribution is 2.20. The first kappa shape index (κ1) is 19.3. The number of carboxylic acids is 1. The number of carbonyl (C=O) groups is 2. The summed E-state index contributed by atoms with van der Waals surface area (Å²) in [5.74, 6) is -1.50. The number of aromatic nitrogens is 1. The Morgan fingerprint density at radius 3 is 2.23 bits per heavy atom. The van der Waals surface area contributed by atoms with Crippen LogP contribution in [0.25, 0.3) is 22.0 Å². The van der Waals surface area contributed by atoms with Gasteiger partial charge in [-0.05, 0) is 28.8 Å². The number of amides is 1. The predicted octanol–water partition coefficient (Wildman–Crippen LogP) is 4.33. The van der Waals surface area contributed by atoms with Crippen LogP contribution in [0.15, 0.2) is 91.1 Å². The van der Waals surface area contributed by atoms with Gasteiger partial charge in [-0.2, -0.15) is 0 Å². The fraction of sp³-hybridized carbons (Fsp3) is 0.0800. The number of benzene rings is 3. The summed E-state index contributed by atoms with van der Waals surface area (Å²) in [6.07, 6.45) is 1.74. The van der Waals surface area contributed by atoms with Gasteiger partial charge in [-0.25, -0.2) is 4.79 Å². The van der Waals surface area contributed by atoms with Crippen LogP contribution in [0.4, 0.5) is 0 Å². The summed E-state index contributed by atoms with van der Waals surface area (Å²) in [5.41, 5.74) is 4.08. The zero-order valence-electron chi connectivity index (χ0n) is 16.2. The van der Waals surface area contributed by atoms with Crippen molar-refractivity contribution in [1.29, 1.82) is 0 Å². The molecule has 2 N–H and O–H groups in total. The van der Waals surface area contributed by atoms with Crippen LogP contribution in [-0.4, -0.2) is 28.0 Å². The molecule has 1 amide bonds. The predicted molar refractivity (Wildman–Crippen MR) is 116 cm³/mol. The lowest BCUT2D eigenvalue weighted by Crippen LogP contribution is -2.42. The fourth-order valence-electron chi connectivity index (χ4n) is 3.43. The van der Waals surface area contributed by atoms with E-state index in [0.717, 1.165) is 16.7 Å². The molecule has 0 saturated carbocycles. The molecule has 0 fully saturated rings.